The standard InChI is InChI=1S/C23H32N2O3S/c1-5-7-9-19(6-2)16-24-23(26)21-10-8-11-22(18(21)4)25-29(27,28)20-14-12-17(3)13-15-20/h8,10-15,19,25H,5-7,9,16H2,1-4H3,(H,24,26)/t19-/m0/s1. The van der Waals surface area contributed by atoms with Gasteiger partial charge in [-0.05, 0) is 56.0 Å². The van der Waals surface area contributed by atoms with Gasteiger partial charge in [0.25, 0.3) is 15.9 Å². The van der Waals surface area contributed by atoms with E-state index < -0.39 is 10.0 Å². The van der Waals surface area contributed by atoms with Gasteiger partial charge in [-0.2, -0.15) is 0 Å². The van der Waals surface area contributed by atoms with Crippen molar-refractivity contribution < 1.29 is 13.2 Å². The second-order valence-electron chi connectivity index (χ2n) is 7.52. The quantitative estimate of drug-likeness (QED) is 0.569. The Morgan fingerprint density at radius 3 is 2.34 bits per heavy atom. The highest BCUT2D eigenvalue weighted by molar-refractivity contribution is 7.92. The van der Waals surface area contributed by atoms with Crippen molar-refractivity contribution in [2.75, 3.05) is 11.3 Å². The van der Waals surface area contributed by atoms with E-state index >= 15 is 0 Å². The number of carbonyl (C=O) groups is 1. The van der Waals surface area contributed by atoms with Crippen molar-refractivity contribution in [1.29, 1.82) is 0 Å². The van der Waals surface area contributed by atoms with Crippen LogP contribution in [0.25, 0.3) is 0 Å². The molecule has 0 unspecified atom stereocenters. The van der Waals surface area contributed by atoms with E-state index in [1.165, 1.54) is 0 Å². The maximum Gasteiger partial charge on any atom is 0.261 e. The molecule has 0 saturated heterocycles. The number of hydrogen-bond donors (Lipinski definition) is 2. The molecule has 0 aliphatic heterocycles. The van der Waals surface area contributed by atoms with E-state index in [0.29, 0.717) is 29.3 Å². The average Bonchev–Trinajstić information content (AvgIpc) is 2.69. The topological polar surface area (TPSA) is 75.3 Å². The van der Waals surface area contributed by atoms with Gasteiger partial charge in [0.15, 0.2) is 0 Å². The fourth-order valence-corrected chi connectivity index (χ4v) is 4.31. The molecule has 0 saturated carbocycles. The predicted octanol–water partition coefficient (Wildman–Crippen LogP) is 5.05. The van der Waals surface area contributed by atoms with E-state index in [-0.39, 0.29) is 10.8 Å². The van der Waals surface area contributed by atoms with Crippen LogP contribution in [0.4, 0.5) is 5.69 Å². The van der Waals surface area contributed by atoms with Gasteiger partial charge < -0.3 is 5.32 Å². The number of sulfonamides is 1. The number of hydrogen-bond acceptors (Lipinski definition) is 3. The molecule has 0 fully saturated rings. The monoisotopic (exact) mass is 416 g/mol. The van der Waals surface area contributed by atoms with Gasteiger partial charge in [0, 0.05) is 12.1 Å². The van der Waals surface area contributed by atoms with E-state index in [1.54, 1.807) is 49.4 Å². The Labute approximate surface area is 175 Å². The fraction of sp³-hybridized carbons (Fsp3) is 0.435. The lowest BCUT2D eigenvalue weighted by atomic mass is 9.99. The average molecular weight is 417 g/mol. The molecule has 1 amide bonds. The van der Waals surface area contributed by atoms with Crippen LogP contribution in [0.1, 0.15) is 61.0 Å². The molecule has 2 rings (SSSR count). The first-order valence-corrected chi connectivity index (χ1v) is 11.7. The minimum Gasteiger partial charge on any atom is -0.352 e. The van der Waals surface area contributed by atoms with Crippen molar-refractivity contribution in [2.24, 2.45) is 5.92 Å². The molecule has 0 heterocycles. The summed E-state index contributed by atoms with van der Waals surface area (Å²) >= 11 is 0. The van der Waals surface area contributed by atoms with E-state index in [4.69, 9.17) is 0 Å². The largest absolute Gasteiger partial charge is 0.352 e. The van der Waals surface area contributed by atoms with Gasteiger partial charge in [-0.3, -0.25) is 9.52 Å². The van der Waals surface area contributed by atoms with E-state index in [2.05, 4.69) is 23.9 Å². The Kier molecular flexibility index (Phi) is 8.26. The second kappa shape index (κ2) is 10.4. The summed E-state index contributed by atoms with van der Waals surface area (Å²) in [6.07, 6.45) is 4.43. The molecule has 0 aliphatic rings. The van der Waals surface area contributed by atoms with Crippen LogP contribution in [0.3, 0.4) is 0 Å². The lowest BCUT2D eigenvalue weighted by Crippen LogP contribution is -2.30. The predicted molar refractivity (Wildman–Crippen MR) is 119 cm³/mol. The molecule has 0 radical (unpaired) electrons. The minimum absolute atomic E-state index is 0.172. The van der Waals surface area contributed by atoms with Gasteiger partial charge in [-0.1, -0.05) is 56.9 Å². The third kappa shape index (κ3) is 6.32. The number of anilines is 1. The van der Waals surface area contributed by atoms with E-state index in [0.717, 1.165) is 31.2 Å². The molecule has 2 N–H and O–H groups in total. The smallest absolute Gasteiger partial charge is 0.261 e. The Morgan fingerprint density at radius 2 is 1.72 bits per heavy atom. The summed E-state index contributed by atoms with van der Waals surface area (Å²) < 4.78 is 28.0. The Bertz CT molecular complexity index is 922. The highest BCUT2D eigenvalue weighted by Gasteiger charge is 2.18. The Morgan fingerprint density at radius 1 is 1.03 bits per heavy atom. The number of rotatable bonds is 10. The fourth-order valence-electron chi connectivity index (χ4n) is 3.19. The summed E-state index contributed by atoms with van der Waals surface area (Å²) in [6.45, 7) is 8.60. The molecule has 0 bridgehead atoms. The SMILES string of the molecule is CCCC[C@H](CC)CNC(=O)c1cccc(NS(=O)(=O)c2ccc(C)cc2)c1C. The Hall–Kier alpha value is -2.34. The number of nitrogens with one attached hydrogen (secondary N) is 2. The Balaban J connectivity index is 2.14. The summed E-state index contributed by atoms with van der Waals surface area (Å²) in [5.41, 5.74) is 2.50. The van der Waals surface area contributed by atoms with Crippen LogP contribution >= 0.6 is 0 Å². The third-order valence-electron chi connectivity index (χ3n) is 5.25. The van der Waals surface area contributed by atoms with Crippen LogP contribution in [0, 0.1) is 19.8 Å². The van der Waals surface area contributed by atoms with Crippen LogP contribution in [-0.4, -0.2) is 20.9 Å². The number of unbranched alkanes of at least 4 members (excludes halogenated alkanes) is 1. The summed E-state index contributed by atoms with van der Waals surface area (Å²) in [7, 11) is -3.72. The first-order valence-electron chi connectivity index (χ1n) is 10.3. The molecule has 2 aromatic carbocycles. The van der Waals surface area contributed by atoms with Crippen LogP contribution in [0.2, 0.25) is 0 Å². The van der Waals surface area contributed by atoms with E-state index in [1.807, 2.05) is 6.92 Å². The summed E-state index contributed by atoms with van der Waals surface area (Å²) in [5, 5.41) is 3.01. The van der Waals surface area contributed by atoms with Gasteiger partial charge in [0.1, 0.15) is 0 Å². The number of benzene rings is 2. The first kappa shape index (κ1) is 22.9. The summed E-state index contributed by atoms with van der Waals surface area (Å²) in [4.78, 5) is 12.9. The zero-order chi connectivity index (χ0) is 21.4. The zero-order valence-corrected chi connectivity index (χ0v) is 18.6. The molecule has 6 heteroatoms. The van der Waals surface area contributed by atoms with Gasteiger partial charge in [0.2, 0.25) is 0 Å². The minimum atomic E-state index is -3.72. The highest BCUT2D eigenvalue weighted by atomic mass is 32.2. The molecule has 5 nitrogen and oxygen atoms in total. The molecule has 29 heavy (non-hydrogen) atoms. The van der Waals surface area contributed by atoms with Crippen molar-refractivity contribution in [1.82, 2.24) is 5.32 Å². The van der Waals surface area contributed by atoms with Crippen LogP contribution in [0.5, 0.6) is 0 Å². The molecule has 0 aromatic heterocycles. The second-order valence-corrected chi connectivity index (χ2v) is 9.21. The molecule has 1 atom stereocenters. The lowest BCUT2D eigenvalue weighted by Gasteiger charge is -2.17. The van der Waals surface area contributed by atoms with Crippen LogP contribution in [-0.2, 0) is 10.0 Å². The van der Waals surface area contributed by atoms with Crippen molar-refractivity contribution in [3.63, 3.8) is 0 Å². The van der Waals surface area contributed by atoms with E-state index in [9.17, 15) is 13.2 Å². The molecule has 158 valence electrons. The van der Waals surface area contributed by atoms with Gasteiger partial charge in [-0.25, -0.2) is 8.42 Å². The number of amides is 1. The maximum absolute atomic E-state index is 12.7. The number of aryl methyl sites for hydroxylation is 1. The van der Waals surface area contributed by atoms with Crippen LogP contribution in [0.15, 0.2) is 47.4 Å². The summed E-state index contributed by atoms with van der Waals surface area (Å²) in [6, 6.07) is 11.8. The first-order chi connectivity index (χ1) is 13.8. The highest BCUT2D eigenvalue weighted by Crippen LogP contribution is 2.23. The van der Waals surface area contributed by atoms with Crippen LogP contribution < -0.4 is 10.0 Å². The molecule has 2 aromatic rings. The lowest BCUT2D eigenvalue weighted by molar-refractivity contribution is 0.0945. The number of carbonyl (C=O) groups excluding carboxylic acids is 1. The van der Waals surface area contributed by atoms with Crippen molar-refractivity contribution in [2.45, 2.75) is 58.3 Å². The summed E-state index contributed by atoms with van der Waals surface area (Å²) in [5.74, 6) is 0.288. The van der Waals surface area contributed by atoms with Crippen molar-refractivity contribution in [3.05, 3.63) is 59.2 Å². The molecule has 0 spiro atoms. The zero-order valence-electron chi connectivity index (χ0n) is 17.8. The van der Waals surface area contributed by atoms with Gasteiger partial charge in [-0.15, -0.1) is 0 Å². The third-order valence-corrected chi connectivity index (χ3v) is 6.63. The molecule has 0 aliphatic carbocycles. The van der Waals surface area contributed by atoms with Crippen molar-refractivity contribution in [3.8, 4) is 0 Å². The van der Waals surface area contributed by atoms with Gasteiger partial charge in [0.05, 0.1) is 10.6 Å². The maximum atomic E-state index is 12.7. The normalized spacial score (nSPS) is 12.4. The molecular formula is C23H32N2O3S. The molecular weight excluding hydrogens is 384 g/mol. The van der Waals surface area contributed by atoms with Gasteiger partial charge >= 0.3 is 0 Å². The van der Waals surface area contributed by atoms with Crippen molar-refractivity contribution >= 4 is 21.6 Å².